The number of esters is 1. The summed E-state index contributed by atoms with van der Waals surface area (Å²) >= 11 is 0. The van der Waals surface area contributed by atoms with E-state index in [0.717, 1.165) is 5.56 Å². The Morgan fingerprint density at radius 1 is 1.40 bits per heavy atom. The quantitative estimate of drug-likeness (QED) is 0.739. The molecule has 1 aromatic rings. The van der Waals surface area contributed by atoms with Crippen molar-refractivity contribution in [3.05, 3.63) is 42.8 Å². The van der Waals surface area contributed by atoms with Gasteiger partial charge < -0.3 is 10.5 Å². The van der Waals surface area contributed by atoms with Crippen LogP contribution in [0.2, 0.25) is 0 Å². The van der Waals surface area contributed by atoms with Crippen molar-refractivity contribution in [2.75, 3.05) is 6.61 Å². The van der Waals surface area contributed by atoms with E-state index in [0.29, 0.717) is 19.4 Å². The van der Waals surface area contributed by atoms with Crippen molar-refractivity contribution < 1.29 is 9.53 Å². The lowest BCUT2D eigenvalue weighted by Crippen LogP contribution is -2.34. The lowest BCUT2D eigenvalue weighted by atomic mass is 10.1. The minimum Gasteiger partial charge on any atom is -0.465 e. The van der Waals surface area contributed by atoms with Gasteiger partial charge in [-0.15, -0.1) is 0 Å². The Kier molecular flexibility index (Phi) is 4.84. The Labute approximate surface area is 90.2 Å². The molecule has 1 atom stereocenters. The average Bonchev–Trinajstić information content (AvgIpc) is 2.27. The lowest BCUT2D eigenvalue weighted by molar-refractivity contribution is -0.145. The molecular weight excluding hydrogens is 190 g/mol. The van der Waals surface area contributed by atoms with Crippen LogP contribution in [0.15, 0.2) is 30.3 Å². The fourth-order valence-electron chi connectivity index (χ4n) is 1.23. The van der Waals surface area contributed by atoms with Gasteiger partial charge in [-0.05, 0) is 25.3 Å². The maximum atomic E-state index is 11.3. The SMILES string of the molecule is [CH2]CCOC(=O)[C@@H](N)Cc1ccccc1. The van der Waals surface area contributed by atoms with Gasteiger partial charge in [0, 0.05) is 0 Å². The number of hydrogen-bond donors (Lipinski definition) is 1. The molecule has 3 nitrogen and oxygen atoms in total. The lowest BCUT2D eigenvalue weighted by Gasteiger charge is -2.10. The minimum atomic E-state index is -0.584. The van der Waals surface area contributed by atoms with Crippen LogP contribution in [0.4, 0.5) is 0 Å². The van der Waals surface area contributed by atoms with E-state index in [1.54, 1.807) is 0 Å². The van der Waals surface area contributed by atoms with Gasteiger partial charge in [0.15, 0.2) is 0 Å². The summed E-state index contributed by atoms with van der Waals surface area (Å²) in [5.74, 6) is -0.359. The fourth-order valence-corrected chi connectivity index (χ4v) is 1.23. The molecule has 0 unspecified atom stereocenters. The van der Waals surface area contributed by atoms with Crippen LogP contribution in [0.1, 0.15) is 12.0 Å². The number of rotatable bonds is 5. The fraction of sp³-hybridized carbons (Fsp3) is 0.333. The Hall–Kier alpha value is -1.35. The molecule has 1 aromatic carbocycles. The second-order valence-corrected chi connectivity index (χ2v) is 3.32. The maximum absolute atomic E-state index is 11.3. The van der Waals surface area contributed by atoms with E-state index in [1.165, 1.54) is 0 Å². The first-order chi connectivity index (χ1) is 7.24. The van der Waals surface area contributed by atoms with Crippen LogP contribution in [-0.2, 0) is 16.0 Å². The molecule has 0 aliphatic heterocycles. The number of nitrogens with two attached hydrogens (primary N) is 1. The Morgan fingerprint density at radius 2 is 2.07 bits per heavy atom. The number of carbonyl (C=O) groups excluding carboxylic acids is 1. The average molecular weight is 206 g/mol. The summed E-state index contributed by atoms with van der Waals surface area (Å²) < 4.78 is 4.90. The molecule has 3 heteroatoms. The van der Waals surface area contributed by atoms with Crippen molar-refractivity contribution in [1.82, 2.24) is 0 Å². The highest BCUT2D eigenvalue weighted by Crippen LogP contribution is 2.02. The molecule has 0 saturated heterocycles. The van der Waals surface area contributed by atoms with Gasteiger partial charge in [0.25, 0.3) is 0 Å². The number of benzene rings is 1. The van der Waals surface area contributed by atoms with Crippen LogP contribution in [-0.4, -0.2) is 18.6 Å². The summed E-state index contributed by atoms with van der Waals surface area (Å²) in [6, 6.07) is 9.06. The van der Waals surface area contributed by atoms with Crippen molar-refractivity contribution in [2.24, 2.45) is 5.73 Å². The smallest absolute Gasteiger partial charge is 0.323 e. The molecule has 2 N–H and O–H groups in total. The minimum absolute atomic E-state index is 0.335. The molecule has 15 heavy (non-hydrogen) atoms. The molecular formula is C12H16NO2. The van der Waals surface area contributed by atoms with Gasteiger partial charge in [0.2, 0.25) is 0 Å². The van der Waals surface area contributed by atoms with E-state index < -0.39 is 6.04 Å². The first-order valence-corrected chi connectivity index (χ1v) is 4.99. The molecule has 0 fully saturated rings. The number of carbonyl (C=O) groups is 1. The number of ether oxygens (including phenoxy) is 1. The van der Waals surface area contributed by atoms with Crippen molar-refractivity contribution in [3.63, 3.8) is 0 Å². The molecule has 0 aliphatic rings. The highest BCUT2D eigenvalue weighted by atomic mass is 16.5. The molecule has 0 amide bonds. The normalized spacial score (nSPS) is 12.1. The largest absolute Gasteiger partial charge is 0.465 e. The van der Waals surface area contributed by atoms with Gasteiger partial charge in [0.1, 0.15) is 6.04 Å². The van der Waals surface area contributed by atoms with Crippen LogP contribution in [0.3, 0.4) is 0 Å². The van der Waals surface area contributed by atoms with E-state index in [1.807, 2.05) is 30.3 Å². The van der Waals surface area contributed by atoms with Gasteiger partial charge in [-0.1, -0.05) is 30.3 Å². The zero-order valence-corrected chi connectivity index (χ0v) is 8.69. The van der Waals surface area contributed by atoms with Gasteiger partial charge in [-0.3, -0.25) is 4.79 Å². The van der Waals surface area contributed by atoms with Gasteiger partial charge in [-0.25, -0.2) is 0 Å². The van der Waals surface area contributed by atoms with E-state index in [-0.39, 0.29) is 5.97 Å². The van der Waals surface area contributed by atoms with E-state index in [9.17, 15) is 4.79 Å². The summed E-state index contributed by atoms with van der Waals surface area (Å²) in [4.78, 5) is 11.3. The molecule has 0 bridgehead atoms. The van der Waals surface area contributed by atoms with Crippen molar-refractivity contribution in [1.29, 1.82) is 0 Å². The molecule has 0 aromatic heterocycles. The van der Waals surface area contributed by atoms with Gasteiger partial charge in [0.05, 0.1) is 6.61 Å². The van der Waals surface area contributed by atoms with Gasteiger partial charge in [-0.2, -0.15) is 0 Å². The van der Waals surface area contributed by atoms with E-state index in [4.69, 9.17) is 10.5 Å². The van der Waals surface area contributed by atoms with E-state index >= 15 is 0 Å². The summed E-state index contributed by atoms with van der Waals surface area (Å²) in [6.45, 7) is 3.92. The molecule has 0 heterocycles. The van der Waals surface area contributed by atoms with Gasteiger partial charge >= 0.3 is 5.97 Å². The van der Waals surface area contributed by atoms with Crippen LogP contribution in [0.5, 0.6) is 0 Å². The summed E-state index contributed by atoms with van der Waals surface area (Å²) in [7, 11) is 0. The summed E-state index contributed by atoms with van der Waals surface area (Å²) in [5, 5.41) is 0. The molecule has 0 saturated carbocycles. The number of hydrogen-bond acceptors (Lipinski definition) is 3. The van der Waals surface area contributed by atoms with Crippen molar-refractivity contribution in [3.8, 4) is 0 Å². The third-order valence-corrected chi connectivity index (χ3v) is 1.99. The highest BCUT2D eigenvalue weighted by molar-refractivity contribution is 5.75. The second-order valence-electron chi connectivity index (χ2n) is 3.32. The Morgan fingerprint density at radius 3 is 2.67 bits per heavy atom. The van der Waals surface area contributed by atoms with E-state index in [2.05, 4.69) is 6.92 Å². The molecule has 1 radical (unpaired) electrons. The summed E-state index contributed by atoms with van der Waals surface area (Å²) in [5.41, 5.74) is 6.73. The maximum Gasteiger partial charge on any atom is 0.323 e. The molecule has 81 valence electrons. The summed E-state index contributed by atoms with van der Waals surface area (Å²) in [6.07, 6.45) is 1.08. The zero-order chi connectivity index (χ0) is 11.1. The topological polar surface area (TPSA) is 52.3 Å². The van der Waals surface area contributed by atoms with Crippen molar-refractivity contribution in [2.45, 2.75) is 18.9 Å². The molecule has 1 rings (SSSR count). The monoisotopic (exact) mass is 206 g/mol. The Bertz CT molecular complexity index is 298. The third kappa shape index (κ3) is 4.13. The van der Waals surface area contributed by atoms with Crippen LogP contribution < -0.4 is 5.73 Å². The Balaban J connectivity index is 2.41. The highest BCUT2D eigenvalue weighted by Gasteiger charge is 2.14. The van der Waals surface area contributed by atoms with Crippen LogP contribution in [0, 0.1) is 6.92 Å². The molecule has 0 spiro atoms. The van der Waals surface area contributed by atoms with Crippen LogP contribution >= 0.6 is 0 Å². The van der Waals surface area contributed by atoms with Crippen molar-refractivity contribution >= 4 is 5.97 Å². The second kappa shape index (κ2) is 6.19. The zero-order valence-electron chi connectivity index (χ0n) is 8.69. The predicted octanol–water partition coefficient (Wildman–Crippen LogP) is 1.32. The standard InChI is InChI=1S/C12H16NO2/c1-2-8-15-12(14)11(13)9-10-6-4-3-5-7-10/h3-7,11H,1-2,8-9,13H2/t11-/m0/s1. The first kappa shape index (κ1) is 11.7. The first-order valence-electron chi connectivity index (χ1n) is 4.99. The van der Waals surface area contributed by atoms with Crippen LogP contribution in [0.25, 0.3) is 0 Å². The third-order valence-electron chi connectivity index (χ3n) is 1.99. The molecule has 0 aliphatic carbocycles. The predicted molar refractivity (Wildman–Crippen MR) is 59.1 cm³/mol.